The first-order chi connectivity index (χ1) is 11.7. The molecule has 8 heteroatoms. The van der Waals surface area contributed by atoms with Gasteiger partial charge in [-0.1, -0.05) is 20.8 Å². The number of rotatable bonds is 7. The number of carboxylic acid groups (broad SMARTS) is 1. The van der Waals surface area contributed by atoms with E-state index >= 15 is 0 Å². The van der Waals surface area contributed by atoms with Crippen LogP contribution in [-0.4, -0.2) is 32.6 Å². The van der Waals surface area contributed by atoms with Gasteiger partial charge in [-0.15, -0.1) is 11.3 Å². The second-order valence-electron chi connectivity index (χ2n) is 7.19. The third-order valence-corrected chi connectivity index (χ3v) is 4.67. The number of nitrogens with zero attached hydrogens (tertiary/aromatic N) is 2. The summed E-state index contributed by atoms with van der Waals surface area (Å²) in [6.07, 6.45) is 2.49. The van der Waals surface area contributed by atoms with E-state index in [2.05, 4.69) is 10.3 Å². The summed E-state index contributed by atoms with van der Waals surface area (Å²) in [6.45, 7) is 6.23. The van der Waals surface area contributed by atoms with Crippen molar-refractivity contribution in [2.24, 2.45) is 5.41 Å². The maximum Gasteiger partial charge on any atom is 0.326 e. The van der Waals surface area contributed by atoms with Crippen LogP contribution in [0.3, 0.4) is 0 Å². The Labute approximate surface area is 149 Å². The minimum absolute atomic E-state index is 0.00659. The predicted molar refractivity (Wildman–Crippen MR) is 96.8 cm³/mol. The number of aromatic nitrogens is 2. The van der Waals surface area contributed by atoms with Crippen molar-refractivity contribution in [2.75, 3.05) is 0 Å². The van der Waals surface area contributed by atoms with Crippen LogP contribution in [0, 0.1) is 5.41 Å². The van der Waals surface area contributed by atoms with Crippen LogP contribution in [-0.2, 0) is 16.1 Å². The molecule has 2 heterocycles. The van der Waals surface area contributed by atoms with Gasteiger partial charge in [0.1, 0.15) is 10.9 Å². The maximum absolute atomic E-state index is 12.2. The van der Waals surface area contributed by atoms with Gasteiger partial charge in [0.05, 0.1) is 11.7 Å². The predicted octanol–water partition coefficient (Wildman–Crippen LogP) is 2.24. The molecule has 0 bridgehead atoms. The van der Waals surface area contributed by atoms with Crippen molar-refractivity contribution >= 4 is 33.4 Å². The number of carbonyl (C=O) groups is 2. The average molecular weight is 365 g/mol. The SMILES string of the molecule is CC(C)(C)CCC(NC(=O)CCn1cnc2sccc2c1=O)C(=O)O. The molecule has 25 heavy (non-hydrogen) atoms. The summed E-state index contributed by atoms with van der Waals surface area (Å²) >= 11 is 1.38. The Morgan fingerprint density at radius 3 is 2.76 bits per heavy atom. The van der Waals surface area contributed by atoms with Gasteiger partial charge in [-0.25, -0.2) is 9.78 Å². The highest BCUT2D eigenvalue weighted by atomic mass is 32.1. The minimum Gasteiger partial charge on any atom is -0.480 e. The second-order valence-corrected chi connectivity index (χ2v) is 8.08. The molecule has 0 aliphatic heterocycles. The van der Waals surface area contributed by atoms with E-state index in [1.54, 1.807) is 11.4 Å². The van der Waals surface area contributed by atoms with E-state index < -0.39 is 17.9 Å². The first kappa shape index (κ1) is 19.1. The monoisotopic (exact) mass is 365 g/mol. The number of amides is 1. The van der Waals surface area contributed by atoms with Gasteiger partial charge in [0.25, 0.3) is 5.56 Å². The van der Waals surface area contributed by atoms with Crippen LogP contribution in [0.4, 0.5) is 0 Å². The van der Waals surface area contributed by atoms with Crippen molar-refractivity contribution in [1.29, 1.82) is 0 Å². The molecule has 2 aromatic rings. The molecule has 2 rings (SSSR count). The Hall–Kier alpha value is -2.22. The van der Waals surface area contributed by atoms with Crippen molar-refractivity contribution in [2.45, 2.75) is 52.6 Å². The molecular formula is C17H23N3O4S. The number of nitrogens with one attached hydrogen (secondary N) is 1. The summed E-state index contributed by atoms with van der Waals surface area (Å²) in [6, 6.07) is 0.791. The molecule has 1 atom stereocenters. The number of thiophene rings is 1. The van der Waals surface area contributed by atoms with Crippen molar-refractivity contribution in [3.05, 3.63) is 28.1 Å². The summed E-state index contributed by atoms with van der Waals surface area (Å²) in [5.41, 5.74) is -0.200. The van der Waals surface area contributed by atoms with Gasteiger partial charge < -0.3 is 10.4 Å². The molecule has 7 nitrogen and oxygen atoms in total. The molecule has 1 unspecified atom stereocenters. The molecule has 0 aliphatic carbocycles. The minimum atomic E-state index is -1.05. The lowest BCUT2D eigenvalue weighted by Gasteiger charge is -2.21. The Bertz CT molecular complexity index is 819. The van der Waals surface area contributed by atoms with Crippen LogP contribution in [0.15, 0.2) is 22.6 Å². The van der Waals surface area contributed by atoms with E-state index in [1.807, 2.05) is 20.8 Å². The molecule has 0 aromatic carbocycles. The standard InChI is InChI=1S/C17H23N3O4S/c1-17(2,3)7-4-12(16(23)24)19-13(21)5-8-20-10-18-14-11(15(20)22)6-9-25-14/h6,9-10,12H,4-5,7-8H2,1-3H3,(H,19,21)(H,23,24). The second kappa shape index (κ2) is 7.77. The Kier molecular flexibility index (Phi) is 5.94. The molecule has 0 spiro atoms. The van der Waals surface area contributed by atoms with Crippen molar-refractivity contribution in [3.63, 3.8) is 0 Å². The highest BCUT2D eigenvalue weighted by Gasteiger charge is 2.22. The number of fused-ring (bicyclic) bond motifs is 1. The fourth-order valence-electron chi connectivity index (χ4n) is 2.38. The number of aliphatic carboxylic acids is 1. The lowest BCUT2D eigenvalue weighted by Crippen LogP contribution is -2.41. The molecule has 2 aromatic heterocycles. The topological polar surface area (TPSA) is 101 Å². The highest BCUT2D eigenvalue weighted by Crippen LogP contribution is 2.21. The fourth-order valence-corrected chi connectivity index (χ4v) is 3.10. The van der Waals surface area contributed by atoms with Gasteiger partial charge in [0.15, 0.2) is 0 Å². The molecular weight excluding hydrogens is 342 g/mol. The quantitative estimate of drug-likeness (QED) is 0.783. The largest absolute Gasteiger partial charge is 0.480 e. The van der Waals surface area contributed by atoms with Crippen LogP contribution < -0.4 is 10.9 Å². The summed E-state index contributed by atoms with van der Waals surface area (Å²) < 4.78 is 1.37. The molecule has 0 saturated carbocycles. The summed E-state index contributed by atoms with van der Waals surface area (Å²) in [5, 5.41) is 14.1. The molecule has 136 valence electrons. The van der Waals surface area contributed by atoms with Crippen molar-refractivity contribution < 1.29 is 14.7 Å². The molecule has 0 aliphatic rings. The fraction of sp³-hybridized carbons (Fsp3) is 0.529. The number of carbonyl (C=O) groups excluding carboxylic acids is 1. The van der Waals surface area contributed by atoms with Gasteiger partial charge >= 0.3 is 5.97 Å². The van der Waals surface area contributed by atoms with Crippen LogP contribution in [0.25, 0.3) is 10.2 Å². The van der Waals surface area contributed by atoms with E-state index in [4.69, 9.17) is 0 Å². The number of aryl methyl sites for hydroxylation is 1. The van der Waals surface area contributed by atoms with Gasteiger partial charge in [-0.2, -0.15) is 0 Å². The van der Waals surface area contributed by atoms with E-state index in [0.717, 1.165) is 0 Å². The molecule has 0 radical (unpaired) electrons. The maximum atomic E-state index is 12.2. The summed E-state index contributed by atoms with van der Waals surface area (Å²) in [5.74, 6) is -1.44. The highest BCUT2D eigenvalue weighted by molar-refractivity contribution is 7.16. The first-order valence-corrected chi connectivity index (χ1v) is 9.00. The zero-order chi connectivity index (χ0) is 18.6. The third-order valence-electron chi connectivity index (χ3n) is 3.85. The summed E-state index contributed by atoms with van der Waals surface area (Å²) in [7, 11) is 0. The van der Waals surface area contributed by atoms with Gasteiger partial charge in [-0.3, -0.25) is 14.2 Å². The van der Waals surface area contributed by atoms with Gasteiger partial charge in [-0.05, 0) is 29.7 Å². The van der Waals surface area contributed by atoms with E-state index in [9.17, 15) is 19.5 Å². The van der Waals surface area contributed by atoms with Gasteiger partial charge in [0, 0.05) is 13.0 Å². The molecule has 2 N–H and O–H groups in total. The van der Waals surface area contributed by atoms with Gasteiger partial charge in [0.2, 0.25) is 5.91 Å². The Morgan fingerprint density at radius 1 is 1.40 bits per heavy atom. The van der Waals surface area contributed by atoms with Crippen LogP contribution >= 0.6 is 11.3 Å². The van der Waals surface area contributed by atoms with Crippen molar-refractivity contribution in [1.82, 2.24) is 14.9 Å². The van der Waals surface area contributed by atoms with E-state index in [-0.39, 0.29) is 23.9 Å². The lowest BCUT2D eigenvalue weighted by atomic mass is 9.88. The average Bonchev–Trinajstić information content (AvgIpc) is 2.99. The number of hydrogen-bond acceptors (Lipinski definition) is 5. The zero-order valence-corrected chi connectivity index (χ0v) is 15.4. The Balaban J connectivity index is 1.94. The first-order valence-electron chi connectivity index (χ1n) is 8.12. The number of carboxylic acids is 1. The normalized spacial score (nSPS) is 12.9. The van der Waals surface area contributed by atoms with Crippen LogP contribution in [0.2, 0.25) is 0 Å². The molecule has 0 saturated heterocycles. The Morgan fingerprint density at radius 2 is 2.12 bits per heavy atom. The van der Waals surface area contributed by atoms with E-state index in [0.29, 0.717) is 23.1 Å². The van der Waals surface area contributed by atoms with Crippen LogP contribution in [0.5, 0.6) is 0 Å². The lowest BCUT2D eigenvalue weighted by molar-refractivity contribution is -0.142. The zero-order valence-electron chi connectivity index (χ0n) is 14.6. The van der Waals surface area contributed by atoms with E-state index in [1.165, 1.54) is 22.2 Å². The van der Waals surface area contributed by atoms with Crippen molar-refractivity contribution in [3.8, 4) is 0 Å². The molecule has 1 amide bonds. The molecule has 0 fully saturated rings. The third kappa shape index (κ3) is 5.38. The smallest absolute Gasteiger partial charge is 0.326 e. The summed E-state index contributed by atoms with van der Waals surface area (Å²) in [4.78, 5) is 40.5. The number of hydrogen-bond donors (Lipinski definition) is 2. The van der Waals surface area contributed by atoms with Crippen LogP contribution in [0.1, 0.15) is 40.0 Å².